The molecule has 1 aliphatic rings. The topological polar surface area (TPSA) is 29.3 Å². The predicted molar refractivity (Wildman–Crippen MR) is 91.4 cm³/mol. The summed E-state index contributed by atoms with van der Waals surface area (Å²) in [5.74, 6) is 0.910. The van der Waals surface area contributed by atoms with Crippen LogP contribution < -0.4 is 5.73 Å². The Kier molecular flexibility index (Phi) is 5.83. The lowest BCUT2D eigenvalue weighted by Gasteiger charge is -2.32. The van der Waals surface area contributed by atoms with Crippen LogP contribution in [0.1, 0.15) is 57.6 Å². The number of nitrogens with two attached hydrogens (primary N) is 1. The SMILES string of the molecule is CC(C)(C)c1ccc(CN2CCC(CCCN)CC2)cc1. The Morgan fingerprint density at radius 1 is 1.10 bits per heavy atom. The first-order chi connectivity index (χ1) is 9.99. The van der Waals surface area contributed by atoms with Gasteiger partial charge in [0.1, 0.15) is 0 Å². The maximum Gasteiger partial charge on any atom is 0.0233 e. The molecular weight excluding hydrogens is 256 g/mol. The number of hydrogen-bond donors (Lipinski definition) is 1. The van der Waals surface area contributed by atoms with E-state index in [0.29, 0.717) is 0 Å². The zero-order valence-electron chi connectivity index (χ0n) is 14.1. The van der Waals surface area contributed by atoms with E-state index in [1.54, 1.807) is 0 Å². The molecule has 2 heteroatoms. The van der Waals surface area contributed by atoms with Gasteiger partial charge in [0.05, 0.1) is 0 Å². The van der Waals surface area contributed by atoms with Crippen LogP contribution >= 0.6 is 0 Å². The molecule has 0 aliphatic carbocycles. The highest BCUT2D eigenvalue weighted by atomic mass is 15.1. The quantitative estimate of drug-likeness (QED) is 0.889. The van der Waals surface area contributed by atoms with Gasteiger partial charge in [0.2, 0.25) is 0 Å². The van der Waals surface area contributed by atoms with Gasteiger partial charge in [0.15, 0.2) is 0 Å². The highest BCUT2D eigenvalue weighted by molar-refractivity contribution is 5.27. The van der Waals surface area contributed by atoms with E-state index in [-0.39, 0.29) is 5.41 Å². The third-order valence-electron chi connectivity index (χ3n) is 4.75. The van der Waals surface area contributed by atoms with E-state index in [1.807, 2.05) is 0 Å². The summed E-state index contributed by atoms with van der Waals surface area (Å²) >= 11 is 0. The summed E-state index contributed by atoms with van der Waals surface area (Å²) < 4.78 is 0. The van der Waals surface area contributed by atoms with Crippen molar-refractivity contribution in [3.63, 3.8) is 0 Å². The van der Waals surface area contributed by atoms with Crippen molar-refractivity contribution in [3.8, 4) is 0 Å². The first kappa shape index (κ1) is 16.5. The first-order valence-electron chi connectivity index (χ1n) is 8.51. The second-order valence-corrected chi connectivity index (χ2v) is 7.60. The average Bonchev–Trinajstić information content (AvgIpc) is 2.46. The number of nitrogens with zero attached hydrogens (tertiary/aromatic N) is 1. The molecule has 1 fully saturated rings. The number of benzene rings is 1. The second kappa shape index (κ2) is 7.42. The maximum absolute atomic E-state index is 5.61. The summed E-state index contributed by atoms with van der Waals surface area (Å²) in [4.78, 5) is 2.60. The average molecular weight is 288 g/mol. The molecule has 0 radical (unpaired) electrons. The monoisotopic (exact) mass is 288 g/mol. The fraction of sp³-hybridized carbons (Fsp3) is 0.684. The van der Waals surface area contributed by atoms with Crippen LogP contribution in [0.15, 0.2) is 24.3 Å². The van der Waals surface area contributed by atoms with Crippen LogP contribution in [-0.2, 0) is 12.0 Å². The van der Waals surface area contributed by atoms with Gasteiger partial charge in [0.25, 0.3) is 0 Å². The van der Waals surface area contributed by atoms with E-state index in [4.69, 9.17) is 5.73 Å². The molecule has 1 aliphatic heterocycles. The van der Waals surface area contributed by atoms with Crippen LogP contribution in [0.4, 0.5) is 0 Å². The molecule has 0 aromatic heterocycles. The van der Waals surface area contributed by atoms with Gasteiger partial charge < -0.3 is 5.73 Å². The van der Waals surface area contributed by atoms with Gasteiger partial charge >= 0.3 is 0 Å². The molecule has 118 valence electrons. The standard InChI is InChI=1S/C19H32N2/c1-19(2,3)18-8-6-17(7-9-18)15-21-13-10-16(11-14-21)5-4-12-20/h6-9,16H,4-5,10-15,20H2,1-3H3. The van der Waals surface area contributed by atoms with E-state index < -0.39 is 0 Å². The molecule has 2 rings (SSSR count). The van der Waals surface area contributed by atoms with Gasteiger partial charge in [0, 0.05) is 6.54 Å². The highest BCUT2D eigenvalue weighted by Gasteiger charge is 2.19. The molecule has 0 spiro atoms. The first-order valence-corrected chi connectivity index (χ1v) is 8.51. The van der Waals surface area contributed by atoms with E-state index in [9.17, 15) is 0 Å². The van der Waals surface area contributed by atoms with Crippen molar-refractivity contribution in [1.82, 2.24) is 4.90 Å². The third kappa shape index (κ3) is 5.12. The molecule has 1 heterocycles. The molecule has 1 aromatic rings. The number of rotatable bonds is 5. The van der Waals surface area contributed by atoms with Crippen molar-refractivity contribution in [3.05, 3.63) is 35.4 Å². The molecule has 0 unspecified atom stereocenters. The van der Waals surface area contributed by atoms with Crippen molar-refractivity contribution in [2.45, 2.75) is 58.4 Å². The summed E-state index contributed by atoms with van der Waals surface area (Å²) in [5.41, 5.74) is 8.73. The molecule has 21 heavy (non-hydrogen) atoms. The second-order valence-electron chi connectivity index (χ2n) is 7.60. The molecule has 0 atom stereocenters. The summed E-state index contributed by atoms with van der Waals surface area (Å²) in [6.07, 6.45) is 5.21. The van der Waals surface area contributed by atoms with Gasteiger partial charge in [-0.3, -0.25) is 4.90 Å². The smallest absolute Gasteiger partial charge is 0.0233 e. The van der Waals surface area contributed by atoms with Gasteiger partial charge in [-0.2, -0.15) is 0 Å². The lowest BCUT2D eigenvalue weighted by atomic mass is 9.86. The molecule has 1 aromatic carbocycles. The minimum atomic E-state index is 0.250. The van der Waals surface area contributed by atoms with Gasteiger partial charge in [-0.15, -0.1) is 0 Å². The van der Waals surface area contributed by atoms with Crippen molar-refractivity contribution in [1.29, 1.82) is 0 Å². The number of likely N-dealkylation sites (tertiary alicyclic amines) is 1. The van der Waals surface area contributed by atoms with E-state index in [2.05, 4.69) is 49.9 Å². The highest BCUT2D eigenvalue weighted by Crippen LogP contribution is 2.25. The Morgan fingerprint density at radius 2 is 1.71 bits per heavy atom. The van der Waals surface area contributed by atoms with Crippen LogP contribution in [0.5, 0.6) is 0 Å². The van der Waals surface area contributed by atoms with Crippen molar-refractivity contribution in [2.75, 3.05) is 19.6 Å². The molecule has 0 amide bonds. The van der Waals surface area contributed by atoms with Crippen LogP contribution in [-0.4, -0.2) is 24.5 Å². The van der Waals surface area contributed by atoms with Crippen LogP contribution in [0, 0.1) is 5.92 Å². The van der Waals surface area contributed by atoms with Gasteiger partial charge in [-0.05, 0) is 67.8 Å². The molecule has 0 saturated carbocycles. The zero-order chi connectivity index (χ0) is 15.3. The van der Waals surface area contributed by atoms with Crippen molar-refractivity contribution < 1.29 is 0 Å². The van der Waals surface area contributed by atoms with E-state index >= 15 is 0 Å². The molecular formula is C19H32N2. The van der Waals surface area contributed by atoms with E-state index in [0.717, 1.165) is 19.0 Å². The lowest BCUT2D eigenvalue weighted by Crippen LogP contribution is -2.33. The van der Waals surface area contributed by atoms with Gasteiger partial charge in [-0.25, -0.2) is 0 Å². The normalized spacial score (nSPS) is 18.1. The fourth-order valence-electron chi connectivity index (χ4n) is 3.21. The lowest BCUT2D eigenvalue weighted by molar-refractivity contribution is 0.171. The molecule has 2 nitrogen and oxygen atoms in total. The Morgan fingerprint density at radius 3 is 2.24 bits per heavy atom. The summed E-state index contributed by atoms with van der Waals surface area (Å²) in [7, 11) is 0. The third-order valence-corrected chi connectivity index (χ3v) is 4.75. The summed E-state index contributed by atoms with van der Waals surface area (Å²) in [6, 6.07) is 9.20. The zero-order valence-corrected chi connectivity index (χ0v) is 14.1. The Bertz CT molecular complexity index is 408. The van der Waals surface area contributed by atoms with Crippen LogP contribution in [0.3, 0.4) is 0 Å². The summed E-state index contributed by atoms with van der Waals surface area (Å²) in [5, 5.41) is 0. The number of piperidine rings is 1. The number of hydrogen-bond acceptors (Lipinski definition) is 2. The van der Waals surface area contributed by atoms with Gasteiger partial charge in [-0.1, -0.05) is 45.0 Å². The maximum atomic E-state index is 5.61. The van der Waals surface area contributed by atoms with Crippen LogP contribution in [0.2, 0.25) is 0 Å². The minimum Gasteiger partial charge on any atom is -0.330 e. The van der Waals surface area contributed by atoms with Crippen molar-refractivity contribution in [2.24, 2.45) is 11.7 Å². The van der Waals surface area contributed by atoms with Crippen LogP contribution in [0.25, 0.3) is 0 Å². The Balaban J connectivity index is 1.81. The van der Waals surface area contributed by atoms with Crippen molar-refractivity contribution >= 4 is 0 Å². The predicted octanol–water partition coefficient (Wildman–Crippen LogP) is 3.94. The largest absolute Gasteiger partial charge is 0.330 e. The van der Waals surface area contributed by atoms with E-state index in [1.165, 1.54) is 49.9 Å². The minimum absolute atomic E-state index is 0.250. The Hall–Kier alpha value is -0.860. The molecule has 1 saturated heterocycles. The fourth-order valence-corrected chi connectivity index (χ4v) is 3.21. The molecule has 0 bridgehead atoms. The molecule has 2 N–H and O–H groups in total. The Labute approximate surface area is 130 Å². The summed E-state index contributed by atoms with van der Waals surface area (Å²) in [6.45, 7) is 11.3.